The number of hydrogen-bond acceptors (Lipinski definition) is 5. The van der Waals surface area contributed by atoms with Gasteiger partial charge in [0.15, 0.2) is 0 Å². The fourth-order valence-electron chi connectivity index (χ4n) is 3.77. The molecule has 1 fully saturated rings. The number of hydrogen-bond donors (Lipinski definition) is 1. The lowest BCUT2D eigenvalue weighted by atomic mass is 10.1. The summed E-state index contributed by atoms with van der Waals surface area (Å²) in [7, 11) is -2.49. The zero-order chi connectivity index (χ0) is 22.8. The van der Waals surface area contributed by atoms with E-state index in [1.807, 2.05) is 6.92 Å². The number of nitrogens with zero attached hydrogens (tertiary/aromatic N) is 2. The highest BCUT2D eigenvalue weighted by atomic mass is 32.2. The Morgan fingerprint density at radius 3 is 2.42 bits per heavy atom. The molecule has 31 heavy (non-hydrogen) atoms. The lowest BCUT2D eigenvalue weighted by molar-refractivity contribution is 0.0599. The van der Waals surface area contributed by atoms with Gasteiger partial charge in [0.2, 0.25) is 10.0 Å². The van der Waals surface area contributed by atoms with Crippen LogP contribution >= 0.6 is 0 Å². The fourth-order valence-corrected chi connectivity index (χ4v) is 5.24. The first-order valence-corrected chi connectivity index (χ1v) is 11.5. The molecule has 1 aromatic heterocycles. The molecule has 10 heteroatoms. The molecule has 3 rings (SSSR count). The third-order valence-electron chi connectivity index (χ3n) is 5.48. The lowest BCUT2D eigenvalue weighted by Gasteiger charge is -2.22. The monoisotopic (exact) mass is 451 g/mol. The van der Waals surface area contributed by atoms with Crippen LogP contribution in [-0.4, -0.2) is 67.8 Å². The minimum absolute atomic E-state index is 0.0178. The van der Waals surface area contributed by atoms with Crippen LogP contribution in [0.3, 0.4) is 0 Å². The second kappa shape index (κ2) is 9.19. The number of carbonyl (C=O) groups is 2. The minimum Gasteiger partial charge on any atom is -0.465 e. The first-order chi connectivity index (χ1) is 14.7. The third kappa shape index (κ3) is 4.49. The molecule has 0 unspecified atom stereocenters. The number of methoxy groups -OCH3 is 1. The number of rotatable bonds is 5. The summed E-state index contributed by atoms with van der Waals surface area (Å²) < 4.78 is 45.1. The first-order valence-electron chi connectivity index (χ1n) is 10.1. The molecule has 1 aliphatic rings. The van der Waals surface area contributed by atoms with Crippen LogP contribution in [0.15, 0.2) is 29.2 Å². The predicted octanol–water partition coefficient (Wildman–Crippen LogP) is 2.35. The van der Waals surface area contributed by atoms with Crippen molar-refractivity contribution in [2.75, 3.05) is 33.3 Å². The van der Waals surface area contributed by atoms with Crippen LogP contribution in [-0.2, 0) is 21.2 Å². The van der Waals surface area contributed by atoms with E-state index in [0.717, 1.165) is 12.1 Å². The van der Waals surface area contributed by atoms with Gasteiger partial charge in [-0.15, -0.1) is 0 Å². The quantitative estimate of drug-likeness (QED) is 0.704. The predicted molar refractivity (Wildman–Crippen MR) is 112 cm³/mol. The Labute approximate surface area is 181 Å². The Hall–Kier alpha value is -2.72. The molecule has 168 valence electrons. The zero-order valence-corrected chi connectivity index (χ0v) is 18.6. The number of ether oxygens (including phenoxy) is 1. The molecule has 1 amide bonds. The highest BCUT2D eigenvalue weighted by Gasteiger charge is 2.31. The molecule has 2 aromatic rings. The van der Waals surface area contributed by atoms with Gasteiger partial charge in [0.05, 0.1) is 17.6 Å². The van der Waals surface area contributed by atoms with E-state index in [4.69, 9.17) is 4.74 Å². The maximum absolute atomic E-state index is 13.2. The average Bonchev–Trinajstić information content (AvgIpc) is 2.92. The molecule has 1 aromatic carbocycles. The van der Waals surface area contributed by atoms with Gasteiger partial charge in [0.1, 0.15) is 11.5 Å². The zero-order valence-electron chi connectivity index (χ0n) is 17.8. The Morgan fingerprint density at radius 2 is 1.81 bits per heavy atom. The van der Waals surface area contributed by atoms with Crippen LogP contribution in [0.2, 0.25) is 0 Å². The second-order valence-corrected chi connectivity index (χ2v) is 9.27. The van der Waals surface area contributed by atoms with E-state index < -0.39 is 21.8 Å². The number of nitrogens with one attached hydrogen (secondary N) is 1. The van der Waals surface area contributed by atoms with E-state index in [1.54, 1.807) is 11.8 Å². The molecule has 8 nitrogen and oxygen atoms in total. The summed E-state index contributed by atoms with van der Waals surface area (Å²) in [5.74, 6) is -1.30. The number of sulfonamides is 1. The lowest BCUT2D eigenvalue weighted by Crippen LogP contribution is -2.37. The van der Waals surface area contributed by atoms with E-state index in [-0.39, 0.29) is 30.4 Å². The molecule has 0 spiro atoms. The number of benzene rings is 1. The van der Waals surface area contributed by atoms with Crippen molar-refractivity contribution >= 4 is 21.9 Å². The van der Waals surface area contributed by atoms with Gasteiger partial charge in [0, 0.05) is 31.9 Å². The Balaban J connectivity index is 1.80. The summed E-state index contributed by atoms with van der Waals surface area (Å²) >= 11 is 0. The molecule has 0 radical (unpaired) electrons. The van der Waals surface area contributed by atoms with Crippen molar-refractivity contribution in [3.63, 3.8) is 0 Å². The summed E-state index contributed by atoms with van der Waals surface area (Å²) in [5.41, 5.74) is 1.83. The summed E-state index contributed by atoms with van der Waals surface area (Å²) in [6.07, 6.45) is 0.985. The van der Waals surface area contributed by atoms with E-state index in [2.05, 4.69) is 4.98 Å². The highest BCUT2D eigenvalue weighted by molar-refractivity contribution is 7.89. The number of aromatic amines is 1. The van der Waals surface area contributed by atoms with Crippen LogP contribution in [0.5, 0.6) is 0 Å². The highest BCUT2D eigenvalue weighted by Crippen LogP contribution is 2.23. The number of halogens is 1. The van der Waals surface area contributed by atoms with Crippen molar-refractivity contribution in [1.82, 2.24) is 14.2 Å². The molecular formula is C21H26FN3O5S. The molecule has 0 aliphatic carbocycles. The van der Waals surface area contributed by atoms with E-state index in [1.165, 1.54) is 23.5 Å². The summed E-state index contributed by atoms with van der Waals surface area (Å²) in [6, 6.07) is 4.69. The first kappa shape index (κ1) is 23.0. The van der Waals surface area contributed by atoms with E-state index in [9.17, 15) is 22.4 Å². The van der Waals surface area contributed by atoms with Crippen molar-refractivity contribution in [3.05, 3.63) is 52.6 Å². The fraction of sp³-hybridized carbons (Fsp3) is 0.429. The largest absolute Gasteiger partial charge is 0.465 e. The number of aryl methyl sites for hydroxylation is 1. The molecule has 1 N–H and O–H groups in total. The molecule has 1 saturated heterocycles. The number of H-pyrrole nitrogens is 1. The summed E-state index contributed by atoms with van der Waals surface area (Å²) in [6.45, 7) is 4.51. The van der Waals surface area contributed by atoms with Crippen LogP contribution in [0.1, 0.15) is 45.4 Å². The van der Waals surface area contributed by atoms with Crippen LogP contribution < -0.4 is 0 Å². The van der Waals surface area contributed by atoms with Crippen LogP contribution in [0, 0.1) is 12.7 Å². The van der Waals surface area contributed by atoms with Crippen molar-refractivity contribution < 1.29 is 27.1 Å². The Bertz CT molecular complexity index is 1080. The van der Waals surface area contributed by atoms with Crippen molar-refractivity contribution in [2.24, 2.45) is 0 Å². The van der Waals surface area contributed by atoms with E-state index in [0.29, 0.717) is 41.9 Å². The third-order valence-corrected chi connectivity index (χ3v) is 7.39. The Morgan fingerprint density at radius 1 is 1.13 bits per heavy atom. The van der Waals surface area contributed by atoms with Gasteiger partial charge in [-0.1, -0.05) is 6.92 Å². The number of esters is 1. The average molecular weight is 452 g/mol. The molecule has 0 bridgehead atoms. The van der Waals surface area contributed by atoms with Gasteiger partial charge in [-0.3, -0.25) is 4.79 Å². The van der Waals surface area contributed by atoms with Crippen molar-refractivity contribution in [3.8, 4) is 0 Å². The van der Waals surface area contributed by atoms with Crippen LogP contribution in [0.4, 0.5) is 4.39 Å². The van der Waals surface area contributed by atoms with Gasteiger partial charge in [-0.25, -0.2) is 17.6 Å². The summed E-state index contributed by atoms with van der Waals surface area (Å²) in [4.78, 5) is 29.9. The maximum Gasteiger partial charge on any atom is 0.339 e. The standard InChI is InChI=1S/C21H26FN3O5S/c1-4-17-18(21(27)30-3)14(2)19(23-17)20(26)24-10-5-11-25(13-12-24)31(28,29)16-8-6-15(22)7-9-16/h6-9,23H,4-5,10-13H2,1-3H3. The smallest absolute Gasteiger partial charge is 0.339 e. The molecular weight excluding hydrogens is 425 g/mol. The number of amides is 1. The minimum atomic E-state index is -3.79. The van der Waals surface area contributed by atoms with Crippen molar-refractivity contribution in [2.45, 2.75) is 31.6 Å². The maximum atomic E-state index is 13.2. The second-order valence-electron chi connectivity index (χ2n) is 7.33. The van der Waals surface area contributed by atoms with Gasteiger partial charge in [-0.05, 0) is 49.6 Å². The van der Waals surface area contributed by atoms with Crippen LogP contribution in [0.25, 0.3) is 0 Å². The number of aromatic nitrogens is 1. The van der Waals surface area contributed by atoms with Gasteiger partial charge in [0.25, 0.3) is 5.91 Å². The normalized spacial score (nSPS) is 15.5. The van der Waals surface area contributed by atoms with Gasteiger partial charge in [-0.2, -0.15) is 4.31 Å². The Kier molecular flexibility index (Phi) is 6.80. The SMILES string of the molecule is CCc1[nH]c(C(=O)N2CCCN(S(=O)(=O)c3ccc(F)cc3)CC2)c(C)c1C(=O)OC. The van der Waals surface area contributed by atoms with Gasteiger partial charge >= 0.3 is 5.97 Å². The molecule has 1 aliphatic heterocycles. The van der Waals surface area contributed by atoms with Crippen molar-refractivity contribution in [1.29, 1.82) is 0 Å². The number of carbonyl (C=O) groups excluding carboxylic acids is 2. The topological polar surface area (TPSA) is 99.8 Å². The molecule has 2 heterocycles. The molecule has 0 saturated carbocycles. The van der Waals surface area contributed by atoms with E-state index >= 15 is 0 Å². The molecule has 0 atom stereocenters. The van der Waals surface area contributed by atoms with Gasteiger partial charge < -0.3 is 14.6 Å². The summed E-state index contributed by atoms with van der Waals surface area (Å²) in [5, 5.41) is 0.